The van der Waals surface area contributed by atoms with Gasteiger partial charge in [-0.1, -0.05) is 23.7 Å². The number of aliphatic carboxylic acids is 1. The third-order valence-corrected chi connectivity index (χ3v) is 3.39. The summed E-state index contributed by atoms with van der Waals surface area (Å²) in [6.45, 7) is 2.39. The molecule has 1 unspecified atom stereocenters. The molecule has 0 bridgehead atoms. The first-order valence-electron chi connectivity index (χ1n) is 5.85. The summed E-state index contributed by atoms with van der Waals surface area (Å²) < 4.78 is 0. The molecule has 5 heteroatoms. The van der Waals surface area contributed by atoms with Gasteiger partial charge in [-0.25, -0.2) is 0 Å². The molecule has 0 aromatic heterocycles. The van der Waals surface area contributed by atoms with E-state index in [-0.39, 0.29) is 18.3 Å². The highest BCUT2D eigenvalue weighted by atomic mass is 35.5. The lowest BCUT2D eigenvalue weighted by Gasteiger charge is -2.30. The van der Waals surface area contributed by atoms with Crippen molar-refractivity contribution in [2.45, 2.75) is 19.4 Å². The van der Waals surface area contributed by atoms with Crippen molar-refractivity contribution in [1.82, 2.24) is 4.90 Å². The van der Waals surface area contributed by atoms with E-state index in [1.165, 1.54) is 0 Å². The number of halogens is 2. The van der Waals surface area contributed by atoms with Crippen molar-refractivity contribution in [2.75, 3.05) is 13.1 Å². The van der Waals surface area contributed by atoms with E-state index in [2.05, 4.69) is 4.90 Å². The fraction of sp³-hybridized carbons (Fsp3) is 0.462. The number of benzene rings is 1. The summed E-state index contributed by atoms with van der Waals surface area (Å²) in [4.78, 5) is 13.1. The third kappa shape index (κ3) is 4.16. The molecule has 0 spiro atoms. The van der Waals surface area contributed by atoms with Gasteiger partial charge < -0.3 is 5.11 Å². The number of piperidine rings is 1. The first-order chi connectivity index (χ1) is 8.15. The molecule has 3 nitrogen and oxygen atoms in total. The van der Waals surface area contributed by atoms with Crippen LogP contribution in [-0.2, 0) is 11.3 Å². The van der Waals surface area contributed by atoms with Gasteiger partial charge in [0.2, 0.25) is 0 Å². The van der Waals surface area contributed by atoms with Crippen LogP contribution in [-0.4, -0.2) is 29.1 Å². The molecular weight excluding hydrogens is 273 g/mol. The molecule has 0 radical (unpaired) electrons. The summed E-state index contributed by atoms with van der Waals surface area (Å²) in [5, 5.41) is 9.75. The molecule has 1 aliphatic rings. The van der Waals surface area contributed by atoms with E-state index < -0.39 is 5.97 Å². The molecule has 0 saturated carbocycles. The van der Waals surface area contributed by atoms with E-state index >= 15 is 0 Å². The number of likely N-dealkylation sites (tertiary alicyclic amines) is 1. The van der Waals surface area contributed by atoms with Gasteiger partial charge in [0, 0.05) is 18.1 Å². The van der Waals surface area contributed by atoms with Crippen molar-refractivity contribution in [3.05, 3.63) is 34.9 Å². The second kappa shape index (κ2) is 6.98. The molecule has 1 saturated heterocycles. The number of carboxylic acid groups (broad SMARTS) is 1. The number of carbonyl (C=O) groups is 1. The number of rotatable bonds is 3. The highest BCUT2D eigenvalue weighted by molar-refractivity contribution is 6.30. The van der Waals surface area contributed by atoms with Gasteiger partial charge in [0.1, 0.15) is 0 Å². The molecular formula is C13H17Cl2NO2. The van der Waals surface area contributed by atoms with Crippen molar-refractivity contribution >= 4 is 30.0 Å². The van der Waals surface area contributed by atoms with E-state index in [0.717, 1.165) is 36.5 Å². The molecule has 1 aromatic carbocycles. The van der Waals surface area contributed by atoms with E-state index in [9.17, 15) is 4.79 Å². The second-order valence-corrected chi connectivity index (χ2v) is 4.98. The SMILES string of the molecule is Cl.O=C(O)C1CCCN(Cc2cccc(Cl)c2)C1. The average Bonchev–Trinajstić information content (AvgIpc) is 2.29. The van der Waals surface area contributed by atoms with Crippen molar-refractivity contribution in [3.63, 3.8) is 0 Å². The van der Waals surface area contributed by atoms with Crippen LogP contribution in [0.5, 0.6) is 0 Å². The minimum Gasteiger partial charge on any atom is -0.481 e. The highest BCUT2D eigenvalue weighted by Gasteiger charge is 2.25. The Labute approximate surface area is 118 Å². The third-order valence-electron chi connectivity index (χ3n) is 3.15. The molecule has 1 N–H and O–H groups in total. The van der Waals surface area contributed by atoms with E-state index in [0.29, 0.717) is 6.54 Å². The molecule has 0 amide bonds. The van der Waals surface area contributed by atoms with Crippen molar-refractivity contribution in [3.8, 4) is 0 Å². The maximum absolute atomic E-state index is 11.0. The number of nitrogens with zero attached hydrogens (tertiary/aromatic N) is 1. The van der Waals surface area contributed by atoms with Gasteiger partial charge in [-0.2, -0.15) is 0 Å². The van der Waals surface area contributed by atoms with Gasteiger partial charge in [0.05, 0.1) is 5.92 Å². The summed E-state index contributed by atoms with van der Waals surface area (Å²) in [6.07, 6.45) is 1.75. The van der Waals surface area contributed by atoms with Gasteiger partial charge in [0.25, 0.3) is 0 Å². The Morgan fingerprint density at radius 2 is 2.28 bits per heavy atom. The Morgan fingerprint density at radius 3 is 2.94 bits per heavy atom. The van der Waals surface area contributed by atoms with Gasteiger partial charge in [-0.3, -0.25) is 9.69 Å². The standard InChI is InChI=1S/C13H16ClNO2.ClH/c14-12-5-1-3-10(7-12)8-15-6-2-4-11(9-15)13(16)17;/h1,3,5,7,11H,2,4,6,8-9H2,(H,16,17);1H. The summed E-state index contributed by atoms with van der Waals surface area (Å²) in [5.41, 5.74) is 1.14. The number of hydrogen-bond acceptors (Lipinski definition) is 2. The quantitative estimate of drug-likeness (QED) is 0.930. The maximum Gasteiger partial charge on any atom is 0.307 e. The summed E-state index contributed by atoms with van der Waals surface area (Å²) in [7, 11) is 0. The minimum atomic E-state index is -0.680. The monoisotopic (exact) mass is 289 g/mol. The van der Waals surface area contributed by atoms with Crippen molar-refractivity contribution in [1.29, 1.82) is 0 Å². The van der Waals surface area contributed by atoms with Crippen LogP contribution in [0, 0.1) is 5.92 Å². The Kier molecular flexibility index (Phi) is 5.93. The molecule has 1 atom stereocenters. The topological polar surface area (TPSA) is 40.5 Å². The average molecular weight is 290 g/mol. The largest absolute Gasteiger partial charge is 0.481 e. The zero-order chi connectivity index (χ0) is 12.3. The first kappa shape index (κ1) is 15.3. The zero-order valence-corrected chi connectivity index (χ0v) is 11.6. The molecule has 2 rings (SSSR count). The molecule has 1 aliphatic heterocycles. The van der Waals surface area contributed by atoms with Gasteiger partial charge in [-0.05, 0) is 37.1 Å². The van der Waals surface area contributed by atoms with E-state index in [1.54, 1.807) is 0 Å². The fourth-order valence-corrected chi connectivity index (χ4v) is 2.51. The van der Waals surface area contributed by atoms with Crippen LogP contribution in [0.2, 0.25) is 5.02 Å². The summed E-state index contributed by atoms with van der Waals surface area (Å²) >= 11 is 5.93. The molecule has 0 aliphatic carbocycles. The smallest absolute Gasteiger partial charge is 0.307 e. The Balaban J connectivity index is 0.00000162. The van der Waals surface area contributed by atoms with Gasteiger partial charge in [0.15, 0.2) is 0 Å². The van der Waals surface area contributed by atoms with Gasteiger partial charge >= 0.3 is 5.97 Å². The normalized spacial score (nSPS) is 20.2. The van der Waals surface area contributed by atoms with Crippen molar-refractivity contribution in [2.24, 2.45) is 5.92 Å². The van der Waals surface area contributed by atoms with Crippen LogP contribution in [0.3, 0.4) is 0 Å². The summed E-state index contributed by atoms with van der Waals surface area (Å²) in [6, 6.07) is 7.74. The van der Waals surface area contributed by atoms with Crippen LogP contribution >= 0.6 is 24.0 Å². The predicted molar refractivity (Wildman–Crippen MR) is 74.3 cm³/mol. The lowest BCUT2D eigenvalue weighted by atomic mass is 9.98. The number of hydrogen-bond donors (Lipinski definition) is 1. The molecule has 100 valence electrons. The van der Waals surface area contributed by atoms with Gasteiger partial charge in [-0.15, -0.1) is 12.4 Å². The predicted octanol–water partition coefficient (Wildman–Crippen LogP) is 3.06. The number of carboxylic acids is 1. The van der Waals surface area contributed by atoms with E-state index in [4.69, 9.17) is 16.7 Å². The Morgan fingerprint density at radius 1 is 1.50 bits per heavy atom. The lowest BCUT2D eigenvalue weighted by Crippen LogP contribution is -2.38. The molecule has 1 heterocycles. The van der Waals surface area contributed by atoms with Crippen LogP contribution < -0.4 is 0 Å². The Bertz CT molecular complexity index is 412. The van der Waals surface area contributed by atoms with Crippen LogP contribution in [0.25, 0.3) is 0 Å². The Hall–Kier alpha value is -0.770. The van der Waals surface area contributed by atoms with Crippen LogP contribution in [0.4, 0.5) is 0 Å². The maximum atomic E-state index is 11.0. The minimum absolute atomic E-state index is 0. The molecule has 1 aromatic rings. The van der Waals surface area contributed by atoms with Crippen LogP contribution in [0.1, 0.15) is 18.4 Å². The van der Waals surface area contributed by atoms with Crippen LogP contribution in [0.15, 0.2) is 24.3 Å². The molecule has 18 heavy (non-hydrogen) atoms. The van der Waals surface area contributed by atoms with E-state index in [1.807, 2.05) is 24.3 Å². The second-order valence-electron chi connectivity index (χ2n) is 4.54. The highest BCUT2D eigenvalue weighted by Crippen LogP contribution is 2.19. The zero-order valence-electron chi connectivity index (χ0n) is 10.0. The van der Waals surface area contributed by atoms with Crippen molar-refractivity contribution < 1.29 is 9.90 Å². The summed E-state index contributed by atoms with van der Waals surface area (Å²) in [5.74, 6) is -0.899. The molecule has 1 fully saturated rings. The fourth-order valence-electron chi connectivity index (χ4n) is 2.29. The lowest BCUT2D eigenvalue weighted by molar-refractivity contribution is -0.143. The first-order valence-corrected chi connectivity index (χ1v) is 6.22.